The molecule has 0 bridgehead atoms. The summed E-state index contributed by atoms with van der Waals surface area (Å²) < 4.78 is 48.3. The highest BCUT2D eigenvalue weighted by Crippen LogP contribution is 2.45. The average Bonchev–Trinajstić information content (AvgIpc) is 3.24. The third kappa shape index (κ3) is 4.10. The predicted molar refractivity (Wildman–Crippen MR) is 115 cm³/mol. The molecule has 0 aliphatic carbocycles. The van der Waals surface area contributed by atoms with E-state index < -0.39 is 35.9 Å². The minimum atomic E-state index is -5.37. The topological polar surface area (TPSA) is 105 Å². The van der Waals surface area contributed by atoms with Crippen LogP contribution >= 0.6 is 0 Å². The molecule has 0 radical (unpaired) electrons. The molecule has 3 atom stereocenters. The van der Waals surface area contributed by atoms with E-state index in [1.54, 1.807) is 60.7 Å². The quantitative estimate of drug-likeness (QED) is 0.492. The second kappa shape index (κ2) is 8.82. The minimum Gasteiger partial charge on any atom is -0.466 e. The number of alkyl halides is 3. The maximum atomic E-state index is 14.0. The van der Waals surface area contributed by atoms with Crippen LogP contribution in [0.1, 0.15) is 18.5 Å². The Hall–Kier alpha value is -3.86. The van der Waals surface area contributed by atoms with Crippen LogP contribution in [0.3, 0.4) is 0 Å². The van der Waals surface area contributed by atoms with E-state index >= 15 is 0 Å². The zero-order valence-corrected chi connectivity index (χ0v) is 17.9. The van der Waals surface area contributed by atoms with Gasteiger partial charge in [-0.05, 0) is 19.1 Å². The SMILES string of the molecule is CCOC(=O)[C@H]1[C@@H](c2cn(-c3ccccc3)nc2-c2ccccc2)NC(=O)N[C@]1(O)C(F)(F)F. The molecular weight excluding hydrogens is 453 g/mol. The molecule has 0 saturated carbocycles. The Balaban J connectivity index is 1.93. The normalized spacial score (nSPS) is 22.6. The van der Waals surface area contributed by atoms with Crippen LogP contribution in [0.4, 0.5) is 18.0 Å². The van der Waals surface area contributed by atoms with Crippen LogP contribution in [0.25, 0.3) is 16.9 Å². The van der Waals surface area contributed by atoms with Crippen LogP contribution in [-0.2, 0) is 9.53 Å². The third-order valence-corrected chi connectivity index (χ3v) is 5.49. The van der Waals surface area contributed by atoms with E-state index in [0.29, 0.717) is 11.3 Å². The maximum absolute atomic E-state index is 14.0. The van der Waals surface area contributed by atoms with Crippen molar-refractivity contribution in [1.82, 2.24) is 20.4 Å². The molecule has 178 valence electrons. The number of nitrogens with zero attached hydrogens (tertiary/aromatic N) is 2. The number of benzene rings is 2. The largest absolute Gasteiger partial charge is 0.466 e. The Bertz CT molecular complexity index is 1180. The molecule has 1 saturated heterocycles. The highest BCUT2D eigenvalue weighted by molar-refractivity contribution is 5.84. The summed E-state index contributed by atoms with van der Waals surface area (Å²) in [5.74, 6) is -3.58. The first-order valence-electron chi connectivity index (χ1n) is 10.4. The molecule has 34 heavy (non-hydrogen) atoms. The predicted octanol–water partition coefficient (Wildman–Crippen LogP) is 3.32. The third-order valence-electron chi connectivity index (χ3n) is 5.49. The Kier molecular flexibility index (Phi) is 6.05. The van der Waals surface area contributed by atoms with Crippen molar-refractivity contribution < 1.29 is 32.6 Å². The van der Waals surface area contributed by atoms with E-state index in [9.17, 15) is 27.9 Å². The summed E-state index contributed by atoms with van der Waals surface area (Å²) in [6.45, 7) is 1.20. The van der Waals surface area contributed by atoms with Gasteiger partial charge in [-0.15, -0.1) is 0 Å². The molecule has 8 nitrogen and oxygen atoms in total. The highest BCUT2D eigenvalue weighted by Gasteiger charge is 2.67. The number of aliphatic hydroxyl groups is 1. The summed E-state index contributed by atoms with van der Waals surface area (Å²) in [6.07, 6.45) is -3.94. The number of hydrogen-bond donors (Lipinski definition) is 3. The van der Waals surface area contributed by atoms with Gasteiger partial charge in [0.15, 0.2) is 0 Å². The molecular formula is C23H21F3N4O4. The molecule has 3 N–H and O–H groups in total. The van der Waals surface area contributed by atoms with Crippen molar-refractivity contribution in [2.45, 2.75) is 24.9 Å². The molecule has 1 aliphatic heterocycles. The van der Waals surface area contributed by atoms with Crippen molar-refractivity contribution in [3.63, 3.8) is 0 Å². The summed E-state index contributed by atoms with van der Waals surface area (Å²) in [5.41, 5.74) is -2.39. The summed E-state index contributed by atoms with van der Waals surface area (Å²) in [7, 11) is 0. The van der Waals surface area contributed by atoms with Crippen molar-refractivity contribution in [2.75, 3.05) is 6.61 Å². The molecule has 3 aromatic rings. The van der Waals surface area contributed by atoms with Crippen LogP contribution in [0.2, 0.25) is 0 Å². The van der Waals surface area contributed by atoms with Gasteiger partial charge in [0.2, 0.25) is 0 Å². The molecule has 0 unspecified atom stereocenters. The number of halogens is 3. The van der Waals surface area contributed by atoms with Gasteiger partial charge in [-0.1, -0.05) is 48.5 Å². The zero-order chi connectivity index (χ0) is 24.5. The molecule has 2 aromatic carbocycles. The number of nitrogens with one attached hydrogen (secondary N) is 2. The van der Waals surface area contributed by atoms with Crippen LogP contribution in [-0.4, -0.2) is 45.4 Å². The van der Waals surface area contributed by atoms with Crippen molar-refractivity contribution >= 4 is 12.0 Å². The highest BCUT2D eigenvalue weighted by atomic mass is 19.4. The van der Waals surface area contributed by atoms with Gasteiger partial charge in [0.1, 0.15) is 5.92 Å². The second-order valence-electron chi connectivity index (χ2n) is 7.65. The van der Waals surface area contributed by atoms with Gasteiger partial charge in [-0.25, -0.2) is 9.48 Å². The summed E-state index contributed by atoms with van der Waals surface area (Å²) >= 11 is 0. The van der Waals surface area contributed by atoms with Crippen molar-refractivity contribution in [1.29, 1.82) is 0 Å². The van der Waals surface area contributed by atoms with Gasteiger partial charge >= 0.3 is 18.2 Å². The number of ether oxygens (including phenoxy) is 1. The van der Waals surface area contributed by atoms with E-state index in [0.717, 1.165) is 0 Å². The Labute approximate surface area is 192 Å². The number of esters is 1. The summed E-state index contributed by atoms with van der Waals surface area (Å²) in [6, 6.07) is 14.5. The fraction of sp³-hybridized carbons (Fsp3) is 0.261. The number of urea groups is 1. The van der Waals surface area contributed by atoms with E-state index in [1.807, 2.05) is 0 Å². The molecule has 1 fully saturated rings. The number of aromatic nitrogens is 2. The zero-order valence-electron chi connectivity index (χ0n) is 17.9. The smallest absolute Gasteiger partial charge is 0.437 e. The van der Waals surface area contributed by atoms with Gasteiger partial charge in [-0.3, -0.25) is 4.79 Å². The van der Waals surface area contributed by atoms with Crippen LogP contribution < -0.4 is 10.6 Å². The second-order valence-corrected chi connectivity index (χ2v) is 7.65. The van der Waals surface area contributed by atoms with Crippen LogP contribution in [0, 0.1) is 5.92 Å². The number of hydrogen-bond acceptors (Lipinski definition) is 5. The Morgan fingerprint density at radius 2 is 1.76 bits per heavy atom. The lowest BCUT2D eigenvalue weighted by molar-refractivity contribution is -0.294. The lowest BCUT2D eigenvalue weighted by Gasteiger charge is -2.44. The molecule has 1 aliphatic rings. The average molecular weight is 474 g/mol. The first-order chi connectivity index (χ1) is 16.2. The number of carbonyl (C=O) groups is 2. The molecule has 4 rings (SSSR count). The van der Waals surface area contributed by atoms with Gasteiger partial charge in [0.25, 0.3) is 5.72 Å². The number of para-hydroxylation sites is 1. The molecule has 2 heterocycles. The fourth-order valence-electron chi connectivity index (χ4n) is 3.94. The van der Waals surface area contributed by atoms with E-state index in [-0.39, 0.29) is 17.9 Å². The van der Waals surface area contributed by atoms with E-state index in [2.05, 4.69) is 10.4 Å². The lowest BCUT2D eigenvalue weighted by atomic mass is 9.81. The van der Waals surface area contributed by atoms with Crippen molar-refractivity contribution in [3.05, 3.63) is 72.4 Å². The van der Waals surface area contributed by atoms with Gasteiger partial charge in [0.05, 0.1) is 24.0 Å². The van der Waals surface area contributed by atoms with Gasteiger partial charge in [-0.2, -0.15) is 18.3 Å². The monoisotopic (exact) mass is 474 g/mol. The maximum Gasteiger partial charge on any atom is 0.437 e. The van der Waals surface area contributed by atoms with Crippen LogP contribution in [0.15, 0.2) is 66.9 Å². The fourth-order valence-corrected chi connectivity index (χ4v) is 3.94. The Morgan fingerprint density at radius 1 is 1.15 bits per heavy atom. The van der Waals surface area contributed by atoms with E-state index in [4.69, 9.17) is 4.74 Å². The molecule has 0 spiro atoms. The van der Waals surface area contributed by atoms with Gasteiger partial charge < -0.3 is 20.5 Å². The standard InChI is InChI=1S/C23H21F3N4O4/c1-2-34-20(31)17-19(27-21(32)28-22(17,33)23(24,25)26)16-13-30(15-11-7-4-8-12-15)29-18(16)14-9-5-3-6-10-14/h3-13,17,19,33H,2H2,1H3,(H2,27,28,32)/t17-,19-,22-/m1/s1. The first kappa shape index (κ1) is 23.3. The minimum absolute atomic E-state index is 0.102. The summed E-state index contributed by atoms with van der Waals surface area (Å²) in [5, 5.41) is 19.0. The number of amides is 2. The number of rotatable bonds is 5. The first-order valence-corrected chi connectivity index (χ1v) is 10.4. The number of carbonyl (C=O) groups excluding carboxylic acids is 2. The van der Waals surface area contributed by atoms with Crippen LogP contribution in [0.5, 0.6) is 0 Å². The van der Waals surface area contributed by atoms with Crippen molar-refractivity contribution in [3.8, 4) is 16.9 Å². The van der Waals surface area contributed by atoms with Gasteiger partial charge in [0, 0.05) is 17.3 Å². The van der Waals surface area contributed by atoms with Crippen molar-refractivity contribution in [2.24, 2.45) is 5.92 Å². The summed E-state index contributed by atoms with van der Waals surface area (Å²) in [4.78, 5) is 25.1. The van der Waals surface area contributed by atoms with E-state index in [1.165, 1.54) is 23.1 Å². The Morgan fingerprint density at radius 3 is 2.35 bits per heavy atom. The lowest BCUT2D eigenvalue weighted by Crippen LogP contribution is -2.73. The molecule has 2 amide bonds. The molecule has 11 heteroatoms. The molecule has 1 aromatic heterocycles.